The highest BCUT2D eigenvalue weighted by molar-refractivity contribution is 5.78. The Balaban J connectivity index is 1.55. The molecule has 0 saturated heterocycles. The summed E-state index contributed by atoms with van der Waals surface area (Å²) < 4.78 is 3.74. The molecule has 2 aromatic rings. The van der Waals surface area contributed by atoms with Crippen molar-refractivity contribution in [1.82, 2.24) is 29.8 Å². The Bertz CT molecular complexity index is 780. The zero-order valence-corrected chi connectivity index (χ0v) is 16.3. The summed E-state index contributed by atoms with van der Waals surface area (Å²) in [5.74, 6) is 0.0506. The second-order valence-electron chi connectivity index (χ2n) is 7.46. The normalized spacial score (nSPS) is 14.9. The van der Waals surface area contributed by atoms with Gasteiger partial charge in [-0.25, -0.2) is 0 Å². The van der Waals surface area contributed by atoms with Gasteiger partial charge in [0.05, 0.1) is 36.9 Å². The van der Waals surface area contributed by atoms with E-state index in [0.717, 1.165) is 11.4 Å². The molecule has 0 unspecified atom stereocenters. The van der Waals surface area contributed by atoms with Gasteiger partial charge in [0.2, 0.25) is 11.8 Å². The van der Waals surface area contributed by atoms with Gasteiger partial charge in [0.1, 0.15) is 0 Å². The fourth-order valence-electron chi connectivity index (χ4n) is 3.35. The molecule has 1 aliphatic rings. The quantitative estimate of drug-likeness (QED) is 0.792. The smallest absolute Gasteiger partial charge is 0.227 e. The van der Waals surface area contributed by atoms with Crippen LogP contribution in [0.3, 0.4) is 0 Å². The number of aryl methyl sites for hydroxylation is 1. The van der Waals surface area contributed by atoms with Crippen LogP contribution in [0.5, 0.6) is 0 Å². The molecule has 2 amide bonds. The van der Waals surface area contributed by atoms with Crippen LogP contribution in [0.2, 0.25) is 0 Å². The fraction of sp³-hybridized carbons (Fsp3) is 0.579. The van der Waals surface area contributed by atoms with E-state index in [0.29, 0.717) is 39.0 Å². The number of nitrogens with zero attached hydrogens (tertiary/aromatic N) is 5. The molecule has 0 fully saturated rings. The molecule has 8 heteroatoms. The Kier molecular flexibility index (Phi) is 5.93. The van der Waals surface area contributed by atoms with Crippen LogP contribution in [0.15, 0.2) is 24.5 Å². The van der Waals surface area contributed by atoms with Gasteiger partial charge in [-0.1, -0.05) is 6.92 Å². The van der Waals surface area contributed by atoms with Gasteiger partial charge in [-0.05, 0) is 26.0 Å². The highest BCUT2D eigenvalue weighted by Crippen LogP contribution is 2.17. The second kappa shape index (κ2) is 8.37. The van der Waals surface area contributed by atoms with Gasteiger partial charge in [-0.2, -0.15) is 10.2 Å². The molecule has 0 radical (unpaired) electrons. The van der Waals surface area contributed by atoms with E-state index in [9.17, 15) is 9.59 Å². The number of hydrogen-bond donors (Lipinski definition) is 1. The number of carbonyl (C=O) groups excluding carboxylic acids is 2. The summed E-state index contributed by atoms with van der Waals surface area (Å²) in [5.41, 5.74) is 1.93. The lowest BCUT2D eigenvalue weighted by atomic mass is 10.1. The van der Waals surface area contributed by atoms with Crippen LogP contribution in [0.1, 0.15) is 38.6 Å². The third-order valence-electron chi connectivity index (χ3n) is 4.66. The number of fused-ring (bicyclic) bond motifs is 1. The van der Waals surface area contributed by atoms with Gasteiger partial charge in [0, 0.05) is 37.8 Å². The van der Waals surface area contributed by atoms with E-state index < -0.39 is 0 Å². The minimum absolute atomic E-state index is 0.0419. The Morgan fingerprint density at radius 1 is 1.26 bits per heavy atom. The molecule has 0 spiro atoms. The lowest BCUT2D eigenvalue weighted by Gasteiger charge is -2.30. The highest BCUT2D eigenvalue weighted by Gasteiger charge is 2.26. The van der Waals surface area contributed by atoms with Crippen LogP contribution in [-0.4, -0.2) is 48.9 Å². The Labute approximate surface area is 159 Å². The summed E-state index contributed by atoms with van der Waals surface area (Å²) in [6, 6.07) is 4.02. The maximum atomic E-state index is 12.8. The topological polar surface area (TPSA) is 85.0 Å². The largest absolute Gasteiger partial charge is 0.354 e. The molecule has 0 saturated carbocycles. The SMILES string of the molecule is CC(C)NC(=O)CCc1cc2n(n1)CCN(C(=O)[C@@H](C)Cn1cccn1)C2. The zero-order chi connectivity index (χ0) is 19.4. The average molecular weight is 372 g/mol. The monoisotopic (exact) mass is 372 g/mol. The first-order valence-electron chi connectivity index (χ1n) is 9.53. The molecule has 0 bridgehead atoms. The van der Waals surface area contributed by atoms with Gasteiger partial charge in [0.15, 0.2) is 0 Å². The third kappa shape index (κ3) is 4.96. The van der Waals surface area contributed by atoms with Crippen molar-refractivity contribution in [2.45, 2.75) is 59.3 Å². The average Bonchev–Trinajstić information content (AvgIpc) is 3.27. The zero-order valence-electron chi connectivity index (χ0n) is 16.3. The van der Waals surface area contributed by atoms with Crippen molar-refractivity contribution in [1.29, 1.82) is 0 Å². The van der Waals surface area contributed by atoms with E-state index in [1.807, 2.05) is 48.7 Å². The van der Waals surface area contributed by atoms with E-state index in [4.69, 9.17) is 0 Å². The first-order chi connectivity index (χ1) is 12.9. The summed E-state index contributed by atoms with van der Waals surface area (Å²) in [5, 5.41) is 11.7. The summed E-state index contributed by atoms with van der Waals surface area (Å²) in [6.45, 7) is 8.33. The number of nitrogens with one attached hydrogen (secondary N) is 1. The van der Waals surface area contributed by atoms with Crippen LogP contribution in [0.4, 0.5) is 0 Å². The predicted molar refractivity (Wildman–Crippen MR) is 101 cm³/mol. The summed E-state index contributed by atoms with van der Waals surface area (Å²) in [4.78, 5) is 26.5. The molecule has 0 aromatic carbocycles. The third-order valence-corrected chi connectivity index (χ3v) is 4.66. The Morgan fingerprint density at radius 3 is 2.78 bits per heavy atom. The lowest BCUT2D eigenvalue weighted by molar-refractivity contribution is -0.137. The van der Waals surface area contributed by atoms with E-state index in [1.165, 1.54) is 0 Å². The molecule has 146 valence electrons. The highest BCUT2D eigenvalue weighted by atomic mass is 16.2. The van der Waals surface area contributed by atoms with Gasteiger partial charge in [-0.15, -0.1) is 0 Å². The van der Waals surface area contributed by atoms with Crippen LogP contribution in [0, 0.1) is 5.92 Å². The second-order valence-corrected chi connectivity index (χ2v) is 7.46. The van der Waals surface area contributed by atoms with Crippen molar-refractivity contribution in [3.05, 3.63) is 35.9 Å². The maximum Gasteiger partial charge on any atom is 0.227 e. The van der Waals surface area contributed by atoms with Crippen LogP contribution < -0.4 is 5.32 Å². The molecule has 1 N–H and O–H groups in total. The van der Waals surface area contributed by atoms with Crippen LogP contribution >= 0.6 is 0 Å². The first kappa shape index (κ1) is 19.1. The Hall–Kier alpha value is -2.64. The molecular weight excluding hydrogens is 344 g/mol. The first-order valence-corrected chi connectivity index (χ1v) is 9.53. The molecule has 1 aliphatic heterocycles. The van der Waals surface area contributed by atoms with Crippen molar-refractivity contribution in [3.63, 3.8) is 0 Å². The molecule has 27 heavy (non-hydrogen) atoms. The molecule has 8 nitrogen and oxygen atoms in total. The van der Waals surface area contributed by atoms with Crippen LogP contribution in [0.25, 0.3) is 0 Å². The molecular formula is C19H28N6O2. The van der Waals surface area contributed by atoms with E-state index in [-0.39, 0.29) is 23.8 Å². The van der Waals surface area contributed by atoms with E-state index in [2.05, 4.69) is 15.5 Å². The standard InChI is InChI=1S/C19H28N6O2/c1-14(2)21-18(26)6-5-16-11-17-13-23(9-10-25(17)22-16)19(27)15(3)12-24-8-4-7-20-24/h4,7-8,11,14-15H,5-6,9-10,12-13H2,1-3H3,(H,21,26)/t15-/m0/s1. The number of carbonyl (C=O) groups is 2. The van der Waals surface area contributed by atoms with Crippen molar-refractivity contribution < 1.29 is 9.59 Å². The van der Waals surface area contributed by atoms with Gasteiger partial charge in [-0.3, -0.25) is 19.0 Å². The minimum Gasteiger partial charge on any atom is -0.354 e. The van der Waals surface area contributed by atoms with Crippen LogP contribution in [-0.2, 0) is 35.6 Å². The summed E-state index contributed by atoms with van der Waals surface area (Å²) >= 11 is 0. The lowest BCUT2D eigenvalue weighted by Crippen LogP contribution is -2.41. The molecule has 3 rings (SSSR count). The van der Waals surface area contributed by atoms with Gasteiger partial charge in [0.25, 0.3) is 0 Å². The van der Waals surface area contributed by atoms with Crippen molar-refractivity contribution in [3.8, 4) is 0 Å². The number of hydrogen-bond acceptors (Lipinski definition) is 4. The minimum atomic E-state index is -0.126. The number of aromatic nitrogens is 4. The van der Waals surface area contributed by atoms with E-state index >= 15 is 0 Å². The van der Waals surface area contributed by atoms with E-state index in [1.54, 1.807) is 10.9 Å². The Morgan fingerprint density at radius 2 is 2.07 bits per heavy atom. The van der Waals surface area contributed by atoms with Gasteiger partial charge < -0.3 is 10.2 Å². The molecule has 3 heterocycles. The molecule has 0 aliphatic carbocycles. The maximum absolute atomic E-state index is 12.8. The van der Waals surface area contributed by atoms with Crippen molar-refractivity contribution in [2.24, 2.45) is 5.92 Å². The van der Waals surface area contributed by atoms with Crippen molar-refractivity contribution >= 4 is 11.8 Å². The van der Waals surface area contributed by atoms with Crippen molar-refractivity contribution in [2.75, 3.05) is 6.54 Å². The molecule has 1 atom stereocenters. The predicted octanol–water partition coefficient (Wildman–Crippen LogP) is 1.22. The molecule has 2 aromatic heterocycles. The number of amides is 2. The summed E-state index contributed by atoms with van der Waals surface area (Å²) in [7, 11) is 0. The summed E-state index contributed by atoms with van der Waals surface area (Å²) in [6.07, 6.45) is 4.64. The fourth-order valence-corrected chi connectivity index (χ4v) is 3.35. The number of rotatable bonds is 7. The van der Waals surface area contributed by atoms with Gasteiger partial charge >= 0.3 is 0 Å².